The Balaban J connectivity index is 1.94. The summed E-state index contributed by atoms with van der Waals surface area (Å²) < 4.78 is 11.0. The van der Waals surface area contributed by atoms with Crippen LogP contribution < -0.4 is 0 Å². The zero-order chi connectivity index (χ0) is 19.0. The smallest absolute Gasteiger partial charge is 0.114 e. The monoisotopic (exact) mass is 372 g/mol. The summed E-state index contributed by atoms with van der Waals surface area (Å²) in [6.07, 6.45) is 14.9. The van der Waals surface area contributed by atoms with Crippen LogP contribution >= 0.6 is 0 Å². The lowest BCUT2D eigenvalue weighted by atomic mass is 10.0. The Morgan fingerprint density at radius 3 is 2.19 bits per heavy atom. The summed E-state index contributed by atoms with van der Waals surface area (Å²) in [5, 5.41) is 28.9. The van der Waals surface area contributed by atoms with Crippen molar-refractivity contribution in [1.29, 1.82) is 0 Å². The van der Waals surface area contributed by atoms with E-state index in [-0.39, 0.29) is 13.2 Å². The molecule has 0 aromatic carbocycles. The minimum Gasteiger partial charge on any atom is -0.394 e. The maximum Gasteiger partial charge on any atom is 0.114 e. The van der Waals surface area contributed by atoms with Gasteiger partial charge in [0, 0.05) is 6.61 Å². The fourth-order valence-corrected chi connectivity index (χ4v) is 3.26. The second-order valence-electron chi connectivity index (χ2n) is 7.32. The number of hydrogen-bond acceptors (Lipinski definition) is 5. The second kappa shape index (κ2) is 15.6. The van der Waals surface area contributed by atoms with E-state index in [2.05, 4.69) is 19.1 Å². The van der Waals surface area contributed by atoms with Crippen LogP contribution in [0.2, 0.25) is 0 Å². The molecule has 0 bridgehead atoms. The molecule has 0 aromatic heterocycles. The number of allylic oxidation sites excluding steroid dienone is 2. The van der Waals surface area contributed by atoms with Gasteiger partial charge in [0.05, 0.1) is 13.2 Å². The molecule has 0 aliphatic carbocycles. The van der Waals surface area contributed by atoms with Crippen molar-refractivity contribution in [3.63, 3.8) is 0 Å². The van der Waals surface area contributed by atoms with Crippen molar-refractivity contribution in [2.24, 2.45) is 0 Å². The highest BCUT2D eigenvalue weighted by Crippen LogP contribution is 2.19. The second-order valence-corrected chi connectivity index (χ2v) is 7.32. The Labute approximate surface area is 159 Å². The van der Waals surface area contributed by atoms with Crippen LogP contribution in [-0.2, 0) is 9.47 Å². The van der Waals surface area contributed by atoms with Gasteiger partial charge >= 0.3 is 0 Å². The Morgan fingerprint density at radius 2 is 1.54 bits per heavy atom. The van der Waals surface area contributed by atoms with Gasteiger partial charge in [0.25, 0.3) is 0 Å². The summed E-state index contributed by atoms with van der Waals surface area (Å²) in [7, 11) is 0. The van der Waals surface area contributed by atoms with Crippen molar-refractivity contribution in [3.05, 3.63) is 12.2 Å². The SMILES string of the molecule is CCCCC/C=C/CCCCCCCCO[C@H]1[C@H](O)[C@@H](O)CO[C@@H]1CO. The number of unbranched alkanes of at least 4 members (excludes halogenated alkanes) is 9. The molecule has 0 aromatic rings. The molecule has 1 aliphatic rings. The Kier molecular flexibility index (Phi) is 14.1. The largest absolute Gasteiger partial charge is 0.394 e. The molecule has 154 valence electrons. The van der Waals surface area contributed by atoms with Crippen molar-refractivity contribution < 1.29 is 24.8 Å². The van der Waals surface area contributed by atoms with E-state index in [0.29, 0.717) is 6.61 Å². The minimum atomic E-state index is -0.990. The predicted molar refractivity (Wildman–Crippen MR) is 104 cm³/mol. The molecule has 0 saturated carbocycles. The molecule has 1 rings (SSSR count). The molecule has 1 heterocycles. The summed E-state index contributed by atoms with van der Waals surface area (Å²) in [5.74, 6) is 0. The normalized spacial score (nSPS) is 26.6. The molecule has 5 nitrogen and oxygen atoms in total. The lowest BCUT2D eigenvalue weighted by Crippen LogP contribution is -2.55. The number of rotatable bonds is 15. The summed E-state index contributed by atoms with van der Waals surface area (Å²) in [6, 6.07) is 0. The summed E-state index contributed by atoms with van der Waals surface area (Å²) >= 11 is 0. The highest BCUT2D eigenvalue weighted by Gasteiger charge is 2.39. The topological polar surface area (TPSA) is 79.2 Å². The van der Waals surface area contributed by atoms with E-state index in [4.69, 9.17) is 9.47 Å². The first-order chi connectivity index (χ1) is 12.7. The quantitative estimate of drug-likeness (QED) is 0.303. The standard InChI is InChI=1S/C21H40O5/c1-2-3-4-5-6-7-8-9-10-11-12-13-14-15-25-21-19(16-22)26-17-18(23)20(21)24/h6-7,18-24H,2-5,8-17H2,1H3/b7-6+/t18-,19+,20+,21+/m0/s1. The van der Waals surface area contributed by atoms with E-state index in [1.807, 2.05) is 0 Å². The first-order valence-corrected chi connectivity index (χ1v) is 10.6. The number of aliphatic hydroxyl groups excluding tert-OH is 3. The highest BCUT2D eigenvalue weighted by molar-refractivity contribution is 4.87. The molecule has 1 saturated heterocycles. The molecule has 0 radical (unpaired) electrons. The maximum absolute atomic E-state index is 9.97. The first-order valence-electron chi connectivity index (χ1n) is 10.6. The fraction of sp³-hybridized carbons (Fsp3) is 0.905. The van der Waals surface area contributed by atoms with Crippen LogP contribution in [0.25, 0.3) is 0 Å². The van der Waals surface area contributed by atoms with Crippen LogP contribution in [0.5, 0.6) is 0 Å². The van der Waals surface area contributed by atoms with E-state index >= 15 is 0 Å². The molecule has 5 heteroatoms. The lowest BCUT2D eigenvalue weighted by Gasteiger charge is -2.37. The predicted octanol–water partition coefficient (Wildman–Crippen LogP) is 3.35. The molecule has 0 amide bonds. The summed E-state index contributed by atoms with van der Waals surface area (Å²) in [6.45, 7) is 2.59. The number of aliphatic hydroxyl groups is 3. The van der Waals surface area contributed by atoms with E-state index in [1.54, 1.807) is 0 Å². The summed E-state index contributed by atoms with van der Waals surface area (Å²) in [4.78, 5) is 0. The van der Waals surface area contributed by atoms with Crippen molar-refractivity contribution in [3.8, 4) is 0 Å². The first kappa shape index (κ1) is 23.6. The van der Waals surface area contributed by atoms with Gasteiger partial charge < -0.3 is 24.8 Å². The van der Waals surface area contributed by atoms with E-state index < -0.39 is 24.4 Å². The van der Waals surface area contributed by atoms with Crippen LogP contribution in [0, 0.1) is 0 Å². The van der Waals surface area contributed by atoms with Gasteiger partial charge in [-0.1, -0.05) is 57.6 Å². The molecule has 3 N–H and O–H groups in total. The zero-order valence-corrected chi connectivity index (χ0v) is 16.5. The van der Waals surface area contributed by atoms with Gasteiger partial charge in [-0.25, -0.2) is 0 Å². The van der Waals surface area contributed by atoms with Crippen LogP contribution in [-0.4, -0.2) is 59.6 Å². The van der Waals surface area contributed by atoms with Crippen LogP contribution in [0.3, 0.4) is 0 Å². The van der Waals surface area contributed by atoms with Gasteiger partial charge in [0.2, 0.25) is 0 Å². The molecule has 4 atom stereocenters. The van der Waals surface area contributed by atoms with Crippen LogP contribution in [0.4, 0.5) is 0 Å². The molecule has 0 spiro atoms. The number of hydrogen-bond donors (Lipinski definition) is 3. The van der Waals surface area contributed by atoms with Gasteiger partial charge in [0.15, 0.2) is 0 Å². The molecular formula is C21H40O5. The number of ether oxygens (including phenoxy) is 2. The van der Waals surface area contributed by atoms with Gasteiger partial charge in [0.1, 0.15) is 24.4 Å². The highest BCUT2D eigenvalue weighted by atomic mass is 16.6. The Hall–Kier alpha value is -0.460. The summed E-state index contributed by atoms with van der Waals surface area (Å²) in [5.41, 5.74) is 0. The zero-order valence-electron chi connectivity index (χ0n) is 16.5. The van der Waals surface area contributed by atoms with Crippen LogP contribution in [0.1, 0.15) is 77.6 Å². The third-order valence-corrected chi connectivity index (χ3v) is 4.97. The van der Waals surface area contributed by atoms with Gasteiger partial charge in [-0.05, 0) is 32.1 Å². The van der Waals surface area contributed by atoms with Crippen molar-refractivity contribution in [2.75, 3.05) is 19.8 Å². The Morgan fingerprint density at radius 1 is 0.923 bits per heavy atom. The molecule has 0 unspecified atom stereocenters. The third-order valence-electron chi connectivity index (χ3n) is 4.97. The van der Waals surface area contributed by atoms with Gasteiger partial charge in [-0.2, -0.15) is 0 Å². The minimum absolute atomic E-state index is 0.0418. The third kappa shape index (κ3) is 10.0. The van der Waals surface area contributed by atoms with E-state index in [1.165, 1.54) is 57.8 Å². The molecule has 26 heavy (non-hydrogen) atoms. The van der Waals surface area contributed by atoms with Crippen molar-refractivity contribution in [1.82, 2.24) is 0 Å². The average molecular weight is 373 g/mol. The molecule has 1 fully saturated rings. The van der Waals surface area contributed by atoms with Gasteiger partial charge in [-0.15, -0.1) is 0 Å². The average Bonchev–Trinajstić information content (AvgIpc) is 2.65. The van der Waals surface area contributed by atoms with Crippen LogP contribution in [0.15, 0.2) is 12.2 Å². The van der Waals surface area contributed by atoms with E-state index in [9.17, 15) is 15.3 Å². The molecular weight excluding hydrogens is 332 g/mol. The molecule has 1 aliphatic heterocycles. The lowest BCUT2D eigenvalue weighted by molar-refractivity contribution is -0.211. The maximum atomic E-state index is 9.97. The van der Waals surface area contributed by atoms with Gasteiger partial charge in [-0.3, -0.25) is 0 Å². The van der Waals surface area contributed by atoms with Crippen molar-refractivity contribution >= 4 is 0 Å². The van der Waals surface area contributed by atoms with E-state index in [0.717, 1.165) is 12.8 Å². The van der Waals surface area contributed by atoms with Crippen molar-refractivity contribution in [2.45, 2.75) is 102 Å². The fourth-order valence-electron chi connectivity index (χ4n) is 3.26. The Bertz CT molecular complexity index is 345.